The predicted molar refractivity (Wildman–Crippen MR) is 114 cm³/mol. The summed E-state index contributed by atoms with van der Waals surface area (Å²) in [5.41, 5.74) is 8.22. The Bertz CT molecular complexity index is 1050. The van der Waals surface area contributed by atoms with Gasteiger partial charge in [0.2, 0.25) is 5.91 Å². The standard InChI is InChI=1S/C22H23N3O2S/c1-13(15-9-4-7-14-6-2-3-8-16(14)15)24-12-19(26)25-22-20(21(23)27)17-10-5-11-18(17)28-22/h2-4,6-9,13,24H,5,10-12H2,1H3,(H2,23,27)(H,25,26)/t13-/m1/s1. The van der Waals surface area contributed by atoms with Crippen LogP contribution in [0.1, 0.15) is 45.7 Å². The molecule has 1 aliphatic carbocycles. The van der Waals surface area contributed by atoms with Crippen LogP contribution in [0.5, 0.6) is 0 Å². The van der Waals surface area contributed by atoms with E-state index in [2.05, 4.69) is 34.9 Å². The molecule has 1 aromatic heterocycles. The summed E-state index contributed by atoms with van der Waals surface area (Å²) in [6.45, 7) is 2.20. The first-order chi connectivity index (χ1) is 13.5. The number of rotatable bonds is 6. The van der Waals surface area contributed by atoms with Crippen molar-refractivity contribution in [2.45, 2.75) is 32.2 Å². The molecular formula is C22H23N3O2S. The number of benzene rings is 2. The molecule has 0 saturated carbocycles. The van der Waals surface area contributed by atoms with E-state index in [-0.39, 0.29) is 18.5 Å². The van der Waals surface area contributed by atoms with Crippen LogP contribution in [-0.2, 0) is 17.6 Å². The van der Waals surface area contributed by atoms with Gasteiger partial charge in [0, 0.05) is 10.9 Å². The fraction of sp³-hybridized carbons (Fsp3) is 0.273. The molecule has 4 rings (SSSR count). The molecule has 5 nitrogen and oxygen atoms in total. The van der Waals surface area contributed by atoms with Gasteiger partial charge in [-0.25, -0.2) is 0 Å². The van der Waals surface area contributed by atoms with E-state index < -0.39 is 5.91 Å². The maximum atomic E-state index is 12.5. The molecule has 4 N–H and O–H groups in total. The highest BCUT2D eigenvalue weighted by molar-refractivity contribution is 7.17. The van der Waals surface area contributed by atoms with Crippen molar-refractivity contribution in [2.75, 3.05) is 11.9 Å². The van der Waals surface area contributed by atoms with Gasteiger partial charge in [-0.1, -0.05) is 42.5 Å². The number of nitrogens with one attached hydrogen (secondary N) is 2. The zero-order valence-electron chi connectivity index (χ0n) is 15.7. The Morgan fingerprint density at radius 3 is 2.75 bits per heavy atom. The molecule has 0 bridgehead atoms. The summed E-state index contributed by atoms with van der Waals surface area (Å²) in [5, 5.41) is 9.11. The van der Waals surface area contributed by atoms with E-state index in [4.69, 9.17) is 5.73 Å². The molecule has 1 aliphatic rings. The molecule has 1 heterocycles. The zero-order valence-corrected chi connectivity index (χ0v) is 16.6. The number of nitrogens with two attached hydrogens (primary N) is 1. The molecule has 0 fully saturated rings. The fourth-order valence-corrected chi connectivity index (χ4v) is 5.22. The van der Waals surface area contributed by atoms with Crippen molar-refractivity contribution in [3.63, 3.8) is 0 Å². The molecule has 2 aromatic carbocycles. The van der Waals surface area contributed by atoms with Crippen molar-refractivity contribution < 1.29 is 9.59 Å². The first kappa shape index (κ1) is 18.7. The van der Waals surface area contributed by atoms with Crippen LogP contribution in [0, 0.1) is 0 Å². The lowest BCUT2D eigenvalue weighted by Gasteiger charge is -2.16. The number of thiophene rings is 1. The van der Waals surface area contributed by atoms with Crippen molar-refractivity contribution >= 4 is 38.9 Å². The Morgan fingerprint density at radius 1 is 1.14 bits per heavy atom. The van der Waals surface area contributed by atoms with Gasteiger partial charge in [-0.3, -0.25) is 9.59 Å². The summed E-state index contributed by atoms with van der Waals surface area (Å²) in [5.74, 6) is -0.638. The molecule has 0 radical (unpaired) electrons. The molecule has 1 atom stereocenters. The van der Waals surface area contributed by atoms with Crippen molar-refractivity contribution in [3.05, 3.63) is 64.0 Å². The number of carbonyl (C=O) groups excluding carboxylic acids is 2. The van der Waals surface area contributed by atoms with Crippen LogP contribution in [0.15, 0.2) is 42.5 Å². The normalized spacial score (nSPS) is 14.0. The minimum Gasteiger partial charge on any atom is -0.365 e. The Labute approximate surface area is 167 Å². The number of aryl methyl sites for hydroxylation is 1. The number of primary amides is 1. The monoisotopic (exact) mass is 393 g/mol. The molecular weight excluding hydrogens is 370 g/mol. The number of fused-ring (bicyclic) bond motifs is 2. The van der Waals surface area contributed by atoms with Crippen molar-refractivity contribution in [1.29, 1.82) is 0 Å². The largest absolute Gasteiger partial charge is 0.365 e. The van der Waals surface area contributed by atoms with Gasteiger partial charge < -0.3 is 16.4 Å². The second-order valence-electron chi connectivity index (χ2n) is 7.14. The molecule has 6 heteroatoms. The predicted octanol–water partition coefficient (Wildman–Crippen LogP) is 3.78. The highest BCUT2D eigenvalue weighted by Gasteiger charge is 2.26. The molecule has 144 valence electrons. The van der Waals surface area contributed by atoms with Gasteiger partial charge >= 0.3 is 0 Å². The Balaban J connectivity index is 1.44. The van der Waals surface area contributed by atoms with Crippen LogP contribution >= 0.6 is 11.3 Å². The lowest BCUT2D eigenvalue weighted by atomic mass is 10.00. The summed E-state index contributed by atoms with van der Waals surface area (Å²) in [4.78, 5) is 25.5. The van der Waals surface area contributed by atoms with Crippen LogP contribution in [0.3, 0.4) is 0 Å². The van der Waals surface area contributed by atoms with Crippen molar-refractivity contribution in [3.8, 4) is 0 Å². The highest BCUT2D eigenvalue weighted by Crippen LogP contribution is 2.38. The van der Waals surface area contributed by atoms with Gasteiger partial charge in [0.1, 0.15) is 5.00 Å². The fourth-order valence-electron chi connectivity index (χ4n) is 3.91. The van der Waals surface area contributed by atoms with Crippen LogP contribution in [0.25, 0.3) is 10.8 Å². The van der Waals surface area contributed by atoms with E-state index in [0.29, 0.717) is 10.6 Å². The summed E-state index contributed by atoms with van der Waals surface area (Å²) in [6.07, 6.45) is 2.85. The molecule has 3 aromatic rings. The van der Waals surface area contributed by atoms with Crippen molar-refractivity contribution in [1.82, 2.24) is 5.32 Å². The molecule has 0 saturated heterocycles. The van der Waals surface area contributed by atoms with Crippen LogP contribution in [0.2, 0.25) is 0 Å². The second kappa shape index (κ2) is 7.73. The lowest BCUT2D eigenvalue weighted by Crippen LogP contribution is -2.30. The number of hydrogen-bond donors (Lipinski definition) is 3. The van der Waals surface area contributed by atoms with E-state index in [1.54, 1.807) is 0 Å². The number of carbonyl (C=O) groups is 2. The summed E-state index contributed by atoms with van der Waals surface area (Å²) < 4.78 is 0. The Hall–Kier alpha value is -2.70. The van der Waals surface area contributed by atoms with Gasteiger partial charge in [-0.2, -0.15) is 0 Å². The van der Waals surface area contributed by atoms with E-state index in [1.165, 1.54) is 27.0 Å². The SMILES string of the molecule is C[C@@H](NCC(=O)Nc1sc2c(c1C(N)=O)CCC2)c1cccc2ccccc12. The van der Waals surface area contributed by atoms with E-state index >= 15 is 0 Å². The minimum atomic E-state index is -0.466. The first-order valence-electron chi connectivity index (χ1n) is 9.50. The number of anilines is 1. The van der Waals surface area contributed by atoms with Crippen LogP contribution in [0.4, 0.5) is 5.00 Å². The highest BCUT2D eigenvalue weighted by atomic mass is 32.1. The molecule has 0 unspecified atom stereocenters. The van der Waals surface area contributed by atoms with Crippen LogP contribution < -0.4 is 16.4 Å². The van der Waals surface area contributed by atoms with Crippen molar-refractivity contribution in [2.24, 2.45) is 5.73 Å². The summed E-state index contributed by atoms with van der Waals surface area (Å²) >= 11 is 1.48. The molecule has 0 spiro atoms. The maximum Gasteiger partial charge on any atom is 0.251 e. The van der Waals surface area contributed by atoms with Gasteiger partial charge in [-0.05, 0) is 48.1 Å². The first-order valence-corrected chi connectivity index (χ1v) is 10.3. The smallest absolute Gasteiger partial charge is 0.251 e. The lowest BCUT2D eigenvalue weighted by molar-refractivity contribution is -0.115. The van der Waals surface area contributed by atoms with E-state index in [1.807, 2.05) is 25.1 Å². The Kier molecular flexibility index (Phi) is 5.15. The summed E-state index contributed by atoms with van der Waals surface area (Å²) in [7, 11) is 0. The molecule has 0 aliphatic heterocycles. The van der Waals surface area contributed by atoms with Gasteiger partial charge in [0.25, 0.3) is 5.91 Å². The minimum absolute atomic E-state index is 0.0146. The van der Waals surface area contributed by atoms with E-state index in [0.717, 1.165) is 30.4 Å². The maximum absolute atomic E-state index is 12.5. The third kappa shape index (κ3) is 3.53. The van der Waals surface area contributed by atoms with Gasteiger partial charge in [0.15, 0.2) is 0 Å². The number of hydrogen-bond acceptors (Lipinski definition) is 4. The molecule has 28 heavy (non-hydrogen) atoms. The van der Waals surface area contributed by atoms with E-state index in [9.17, 15) is 9.59 Å². The topological polar surface area (TPSA) is 84.2 Å². The van der Waals surface area contributed by atoms with Gasteiger partial charge in [0.05, 0.1) is 12.1 Å². The third-order valence-electron chi connectivity index (χ3n) is 5.28. The average molecular weight is 394 g/mol. The summed E-state index contributed by atoms with van der Waals surface area (Å²) in [6, 6.07) is 14.4. The quantitative estimate of drug-likeness (QED) is 0.596. The van der Waals surface area contributed by atoms with Crippen LogP contribution in [-0.4, -0.2) is 18.4 Å². The third-order valence-corrected chi connectivity index (χ3v) is 6.49. The number of amides is 2. The zero-order chi connectivity index (χ0) is 19.7. The molecule has 2 amide bonds. The van der Waals surface area contributed by atoms with Gasteiger partial charge in [-0.15, -0.1) is 11.3 Å². The second-order valence-corrected chi connectivity index (χ2v) is 8.25. The average Bonchev–Trinajstić information content (AvgIpc) is 3.26. The Morgan fingerprint density at radius 2 is 1.93 bits per heavy atom.